The van der Waals surface area contributed by atoms with Gasteiger partial charge in [0.2, 0.25) is 6.10 Å². The van der Waals surface area contributed by atoms with Crippen LogP contribution in [-0.4, -0.2) is 143 Å². The number of aryl methyl sites for hydroxylation is 1. The first-order chi connectivity index (χ1) is 48.3. The Kier molecular flexibility index (Phi) is 23.7. The van der Waals surface area contributed by atoms with E-state index < -0.39 is 76.7 Å². The number of anilines is 1. The van der Waals surface area contributed by atoms with Gasteiger partial charge in [0.1, 0.15) is 96.5 Å². The maximum atomic E-state index is 15.3. The van der Waals surface area contributed by atoms with Crippen LogP contribution in [0.5, 0.6) is 34.5 Å². The highest BCUT2D eigenvalue weighted by Crippen LogP contribution is 2.43. The third-order valence-corrected chi connectivity index (χ3v) is 18.8. The summed E-state index contributed by atoms with van der Waals surface area (Å²) < 4.78 is 59.5. The van der Waals surface area contributed by atoms with Gasteiger partial charge in [0, 0.05) is 48.4 Å². The topological polar surface area (TPSA) is 278 Å². The van der Waals surface area contributed by atoms with E-state index in [1.165, 1.54) is 29.2 Å². The second kappa shape index (κ2) is 32.5. The van der Waals surface area contributed by atoms with Gasteiger partial charge >= 0.3 is 24.0 Å². The number of rotatable bonds is 29. The molecule has 1 unspecified atom stereocenters. The number of ether oxygens (including phenoxy) is 10. The van der Waals surface area contributed by atoms with Gasteiger partial charge in [-0.05, 0) is 125 Å². The van der Waals surface area contributed by atoms with Gasteiger partial charge in [-0.2, -0.15) is 0 Å². The fraction of sp³-hybridized carbons (Fsp3) is 0.392. The quantitative estimate of drug-likeness (QED) is 0.0110. The molecule has 7 aromatic rings. The second-order valence-electron chi connectivity index (χ2n) is 26.4. The van der Waals surface area contributed by atoms with Gasteiger partial charge in [0.15, 0.2) is 27.8 Å². The van der Waals surface area contributed by atoms with E-state index in [9.17, 15) is 24.0 Å². The fourth-order valence-electron chi connectivity index (χ4n) is 11.7. The maximum Gasteiger partial charge on any atom is 0.413 e. The number of thiazole rings is 1. The van der Waals surface area contributed by atoms with Crippen molar-refractivity contribution in [3.05, 3.63) is 176 Å². The Morgan fingerprint density at radius 2 is 1.21 bits per heavy atom. The lowest BCUT2D eigenvalue weighted by Gasteiger charge is -2.50. The van der Waals surface area contributed by atoms with Crippen LogP contribution in [-0.2, 0) is 87.3 Å². The molecule has 2 N–H and O–H groups in total. The van der Waals surface area contributed by atoms with E-state index in [0.717, 1.165) is 35.3 Å². The number of esters is 3. The summed E-state index contributed by atoms with van der Waals surface area (Å²) >= 11 is 2.23. The van der Waals surface area contributed by atoms with E-state index in [4.69, 9.17) is 52.2 Å². The number of amides is 3. The van der Waals surface area contributed by atoms with Crippen molar-refractivity contribution in [1.82, 2.24) is 19.8 Å². The fourth-order valence-corrected chi connectivity index (χ4v) is 13.7. The highest BCUT2D eigenvalue weighted by Gasteiger charge is 2.56. The van der Waals surface area contributed by atoms with Crippen molar-refractivity contribution >= 4 is 80.7 Å². The Morgan fingerprint density at radius 3 is 1.73 bits per heavy atom. The normalized spacial score (nSPS) is 16.0. The van der Waals surface area contributed by atoms with Gasteiger partial charge in [-0.1, -0.05) is 53.7 Å². The number of β-lactam (4-membered cyclic amide) rings is 1. The van der Waals surface area contributed by atoms with Crippen molar-refractivity contribution in [1.29, 1.82) is 0 Å². The van der Waals surface area contributed by atoms with Gasteiger partial charge in [-0.15, -0.1) is 23.1 Å². The first-order valence-electron chi connectivity index (χ1n) is 32.9. The van der Waals surface area contributed by atoms with E-state index >= 15 is 9.59 Å². The average Bonchev–Trinajstić information content (AvgIpc) is 1.27. The van der Waals surface area contributed by atoms with Crippen LogP contribution in [0, 0.1) is 0 Å². The summed E-state index contributed by atoms with van der Waals surface area (Å²) in [5.41, 5.74) is 2.03. The molecular formula is C74H84N7O18S2+. The Labute approximate surface area is 593 Å². The van der Waals surface area contributed by atoms with E-state index in [0.29, 0.717) is 91.8 Å². The number of fused-ring (bicyclic) bond motifs is 2. The number of hydrogen-bond acceptors (Lipinski definition) is 22. The second-order valence-corrected chi connectivity index (χ2v) is 28.3. The minimum absolute atomic E-state index is 0.0140. The summed E-state index contributed by atoms with van der Waals surface area (Å²) in [6, 6.07) is 31.1. The highest BCUT2D eigenvalue weighted by atomic mass is 32.2. The number of quaternary nitrogens is 1. The van der Waals surface area contributed by atoms with Crippen LogP contribution in [0.25, 0.3) is 10.9 Å². The molecule has 0 saturated carbocycles. The molecule has 101 heavy (non-hydrogen) atoms. The van der Waals surface area contributed by atoms with Crippen LogP contribution >= 0.6 is 23.1 Å². The molecule has 0 bridgehead atoms. The van der Waals surface area contributed by atoms with Crippen LogP contribution < -0.4 is 44.5 Å². The minimum atomic E-state index is -1.78. The zero-order valence-corrected chi connectivity index (χ0v) is 60.0. The monoisotopic (exact) mass is 1420 g/mol. The third kappa shape index (κ3) is 18.9. The van der Waals surface area contributed by atoms with Gasteiger partial charge in [0.25, 0.3) is 11.8 Å². The molecule has 3 aliphatic rings. The molecule has 3 aliphatic heterocycles. The Hall–Kier alpha value is -10.1. The van der Waals surface area contributed by atoms with Crippen molar-refractivity contribution < 1.29 is 85.5 Å². The Bertz CT molecular complexity index is 4270. The predicted octanol–water partition coefficient (Wildman–Crippen LogP) is 10.8. The number of thioether (sulfide) groups is 1. The van der Waals surface area contributed by atoms with Gasteiger partial charge < -0.3 is 66.6 Å². The summed E-state index contributed by atoms with van der Waals surface area (Å²) in [5.74, 6) is -0.728. The van der Waals surface area contributed by atoms with Crippen LogP contribution in [0.3, 0.4) is 0 Å². The van der Waals surface area contributed by atoms with Gasteiger partial charge in [-0.3, -0.25) is 29.4 Å². The number of benzene rings is 5. The van der Waals surface area contributed by atoms with Crippen LogP contribution in [0.2, 0.25) is 0 Å². The Morgan fingerprint density at radius 1 is 0.683 bits per heavy atom. The molecule has 2 saturated heterocycles. The number of nitrogens with one attached hydrogen (secondary N) is 2. The first-order valence-corrected chi connectivity index (χ1v) is 34.8. The SMILES string of the molecule is CCn1cc(C[N+]2(CC3=C(C(=O)OCc4ccc(OC)cc4)N4C(=O)[C@@H](NC(=O)C(=NOC(CC(=O)OC(C)(C)C)C(=O)OCc5ccc(OC)cc5)c5csc(NC(=O)OC(C)(C)C)n5)[C@H]4SC3)CCCC2)c(=O)c2cc(OCc3ccc(OC)cc3)c(OCc3ccc(OC)cc3)cc21. The molecule has 534 valence electrons. The minimum Gasteiger partial charge on any atom is -0.497 e. The molecule has 10 rings (SSSR count). The zero-order chi connectivity index (χ0) is 72.2. The molecule has 27 heteroatoms. The molecule has 3 amide bonds. The first kappa shape index (κ1) is 73.6. The van der Waals surface area contributed by atoms with Crippen LogP contribution in [0.15, 0.2) is 142 Å². The third-order valence-electron chi connectivity index (χ3n) is 16.7. The number of methoxy groups -OCH3 is 4. The van der Waals surface area contributed by atoms with Crippen molar-refractivity contribution in [3.63, 3.8) is 0 Å². The van der Waals surface area contributed by atoms with Crippen molar-refractivity contribution in [2.75, 3.05) is 59.1 Å². The van der Waals surface area contributed by atoms with E-state index in [2.05, 4.69) is 20.8 Å². The number of pyridine rings is 1. The molecule has 0 radical (unpaired) electrons. The van der Waals surface area contributed by atoms with Crippen molar-refractivity contribution in [3.8, 4) is 34.5 Å². The molecule has 2 aromatic heterocycles. The largest absolute Gasteiger partial charge is 0.497 e. The number of nitrogens with zero attached hydrogens (tertiary/aromatic N) is 5. The number of likely N-dealkylation sites (tertiary alicyclic amines) is 1. The van der Waals surface area contributed by atoms with Crippen LogP contribution in [0.1, 0.15) is 101 Å². The standard InChI is InChI=1S/C74H83N7O18S2/c1-12-79-36-49(65(83)55-33-58(93-39-45-15-23-51(89-8)24-16-45)59(34-57(55)79)94-40-46-17-25-52(90-9)26-18-46)37-81(31-13-14-32-81)38-50-43-100-68-63(67(85)80(68)64(50)70(87)96-42-48-21-29-54(92-11)30-22-48)76-66(84)62(56-44-101-71(75-56)77-72(88)98-74(5,6)7)78-99-60(35-61(82)97-73(2,3)4)69(86)95-41-47-19-27-53(91-10)28-20-47/h15-30,33-34,36,44,60,63,68H,12-14,31-32,35,37-43H2,1-11H3,(H-,75,76,77,84,88)/p+1/t60?,63-,68-/m1/s1. The highest BCUT2D eigenvalue weighted by molar-refractivity contribution is 8.00. The van der Waals surface area contributed by atoms with E-state index in [1.807, 2.05) is 72.3 Å². The number of carbonyl (C=O) groups excluding carboxylic acids is 6. The molecule has 5 heterocycles. The lowest BCUT2D eigenvalue weighted by atomic mass is 10.0. The maximum absolute atomic E-state index is 15.3. The van der Waals surface area contributed by atoms with Crippen LogP contribution in [0.4, 0.5) is 9.93 Å². The summed E-state index contributed by atoms with van der Waals surface area (Å²) in [5, 5.41) is 10.4. The average molecular weight is 1420 g/mol. The summed E-state index contributed by atoms with van der Waals surface area (Å²) in [6.07, 6.45) is 0.217. The smallest absolute Gasteiger partial charge is 0.413 e. The number of oxime groups is 1. The summed E-state index contributed by atoms with van der Waals surface area (Å²) in [7, 11) is 6.27. The molecule has 25 nitrogen and oxygen atoms in total. The van der Waals surface area contributed by atoms with Crippen molar-refractivity contribution in [2.45, 2.75) is 136 Å². The number of carbonyl (C=O) groups is 6. The van der Waals surface area contributed by atoms with Crippen molar-refractivity contribution in [2.24, 2.45) is 5.16 Å². The summed E-state index contributed by atoms with van der Waals surface area (Å²) in [6.45, 7) is 14.3. The summed E-state index contributed by atoms with van der Waals surface area (Å²) in [4.78, 5) is 112. The van der Waals surface area contributed by atoms with E-state index in [-0.39, 0.29) is 67.2 Å². The molecule has 0 spiro atoms. The van der Waals surface area contributed by atoms with Gasteiger partial charge in [0.05, 0.1) is 64.4 Å². The van der Waals surface area contributed by atoms with Gasteiger partial charge in [-0.25, -0.2) is 19.4 Å². The Balaban J connectivity index is 0.960. The zero-order valence-electron chi connectivity index (χ0n) is 58.4. The lowest BCUT2D eigenvalue weighted by molar-refractivity contribution is -0.925. The molecule has 2 fully saturated rings. The molecular weight excluding hydrogens is 1340 g/mol. The lowest BCUT2D eigenvalue weighted by Crippen LogP contribution is -2.71. The van der Waals surface area contributed by atoms with E-state index in [1.54, 1.807) is 117 Å². The molecule has 5 aromatic carbocycles. The number of aromatic nitrogens is 2. The predicted molar refractivity (Wildman–Crippen MR) is 378 cm³/mol. The molecule has 0 aliphatic carbocycles. The molecule has 3 atom stereocenters. The number of hydrogen-bond donors (Lipinski definition) is 2.